The number of benzene rings is 1. The number of aromatic nitrogens is 2. The molecule has 1 saturated heterocycles. The summed E-state index contributed by atoms with van der Waals surface area (Å²) in [6, 6.07) is 8.60. The summed E-state index contributed by atoms with van der Waals surface area (Å²) in [4.78, 5) is 21.9. The van der Waals surface area contributed by atoms with E-state index in [0.717, 1.165) is 37.6 Å². The first-order valence-corrected chi connectivity index (χ1v) is 8.97. The summed E-state index contributed by atoms with van der Waals surface area (Å²) in [6.07, 6.45) is 4.72. The van der Waals surface area contributed by atoms with Gasteiger partial charge in [-0.25, -0.2) is 4.98 Å². The van der Waals surface area contributed by atoms with Crippen molar-refractivity contribution in [2.24, 2.45) is 7.05 Å². The van der Waals surface area contributed by atoms with E-state index < -0.39 is 0 Å². The minimum atomic E-state index is 0.130. The maximum atomic E-state index is 13.1. The van der Waals surface area contributed by atoms with Crippen LogP contribution in [0.2, 0.25) is 0 Å². The van der Waals surface area contributed by atoms with E-state index in [9.17, 15) is 4.79 Å². The average Bonchev–Trinajstić information content (AvgIpc) is 3.17. The molecule has 6 nitrogen and oxygen atoms in total. The zero-order valence-corrected chi connectivity index (χ0v) is 14.9. The van der Waals surface area contributed by atoms with Crippen molar-refractivity contribution in [1.29, 1.82) is 0 Å². The van der Waals surface area contributed by atoms with E-state index in [-0.39, 0.29) is 18.0 Å². The van der Waals surface area contributed by atoms with Gasteiger partial charge in [0.15, 0.2) is 0 Å². The Bertz CT molecular complexity index is 771. The number of piperazine rings is 1. The van der Waals surface area contributed by atoms with E-state index in [2.05, 4.69) is 34.3 Å². The van der Waals surface area contributed by atoms with Crippen molar-refractivity contribution >= 4 is 11.6 Å². The highest BCUT2D eigenvalue weighted by Crippen LogP contribution is 2.32. The van der Waals surface area contributed by atoms with E-state index in [1.807, 2.05) is 41.0 Å². The highest BCUT2D eigenvalue weighted by molar-refractivity contribution is 5.97. The number of para-hydroxylation sites is 1. The third kappa shape index (κ3) is 2.96. The van der Waals surface area contributed by atoms with E-state index in [1.165, 1.54) is 5.56 Å². The zero-order valence-electron chi connectivity index (χ0n) is 14.9. The van der Waals surface area contributed by atoms with Crippen LogP contribution in [0.15, 0.2) is 36.7 Å². The van der Waals surface area contributed by atoms with Crippen molar-refractivity contribution in [1.82, 2.24) is 19.8 Å². The van der Waals surface area contributed by atoms with Gasteiger partial charge in [0.25, 0.3) is 0 Å². The highest BCUT2D eigenvalue weighted by atomic mass is 16.2. The van der Waals surface area contributed by atoms with Gasteiger partial charge in [-0.05, 0) is 25.0 Å². The first-order chi connectivity index (χ1) is 12.1. The van der Waals surface area contributed by atoms with E-state index in [4.69, 9.17) is 0 Å². The largest absolute Gasteiger partial charge is 0.337 e. The Morgan fingerprint density at radius 2 is 2.20 bits per heavy atom. The van der Waals surface area contributed by atoms with Crippen LogP contribution in [0.25, 0.3) is 0 Å². The SMILES string of the molecule is CC1Cc2ccccc2N1C(=O)CN1CCNCC1c1nccn1C. The normalized spacial score (nSPS) is 23.7. The second-order valence-corrected chi connectivity index (χ2v) is 7.03. The van der Waals surface area contributed by atoms with Crippen molar-refractivity contribution in [3.05, 3.63) is 48.0 Å². The second-order valence-electron chi connectivity index (χ2n) is 7.03. The van der Waals surface area contributed by atoms with Crippen molar-refractivity contribution in [2.75, 3.05) is 31.1 Å². The van der Waals surface area contributed by atoms with Gasteiger partial charge in [0.05, 0.1) is 12.6 Å². The van der Waals surface area contributed by atoms with Crippen molar-refractivity contribution < 1.29 is 4.79 Å². The van der Waals surface area contributed by atoms with Gasteiger partial charge < -0.3 is 14.8 Å². The molecule has 0 aliphatic carbocycles. The number of aryl methyl sites for hydroxylation is 1. The third-order valence-electron chi connectivity index (χ3n) is 5.33. The summed E-state index contributed by atoms with van der Waals surface area (Å²) in [5.41, 5.74) is 2.34. The molecule has 0 saturated carbocycles. The number of hydrogen-bond donors (Lipinski definition) is 1. The number of fused-ring (bicyclic) bond motifs is 1. The number of rotatable bonds is 3. The second kappa shape index (κ2) is 6.61. The molecule has 1 N–H and O–H groups in total. The molecule has 25 heavy (non-hydrogen) atoms. The molecule has 2 aliphatic rings. The molecule has 1 fully saturated rings. The van der Waals surface area contributed by atoms with E-state index in [1.54, 1.807) is 0 Å². The number of anilines is 1. The lowest BCUT2D eigenvalue weighted by Gasteiger charge is -2.36. The van der Waals surface area contributed by atoms with Gasteiger partial charge in [-0.2, -0.15) is 0 Å². The Labute approximate surface area is 148 Å². The monoisotopic (exact) mass is 339 g/mol. The molecule has 2 aliphatic heterocycles. The van der Waals surface area contributed by atoms with Crippen LogP contribution >= 0.6 is 0 Å². The smallest absolute Gasteiger partial charge is 0.241 e. The molecule has 0 bridgehead atoms. The van der Waals surface area contributed by atoms with Gasteiger partial charge in [-0.1, -0.05) is 18.2 Å². The van der Waals surface area contributed by atoms with E-state index in [0.29, 0.717) is 6.54 Å². The molecule has 2 atom stereocenters. The van der Waals surface area contributed by atoms with Crippen LogP contribution in [0.1, 0.15) is 24.4 Å². The third-order valence-corrected chi connectivity index (χ3v) is 5.33. The molecule has 1 aromatic carbocycles. The van der Waals surface area contributed by atoms with Crippen LogP contribution in [0.3, 0.4) is 0 Å². The maximum Gasteiger partial charge on any atom is 0.241 e. The maximum absolute atomic E-state index is 13.1. The van der Waals surface area contributed by atoms with Crippen LogP contribution in [0.5, 0.6) is 0 Å². The lowest BCUT2D eigenvalue weighted by molar-refractivity contribution is -0.120. The summed E-state index contributed by atoms with van der Waals surface area (Å²) >= 11 is 0. The number of amides is 1. The van der Waals surface area contributed by atoms with Crippen LogP contribution in [-0.4, -0.2) is 52.6 Å². The topological polar surface area (TPSA) is 53.4 Å². The molecule has 1 amide bonds. The quantitative estimate of drug-likeness (QED) is 0.917. The summed E-state index contributed by atoms with van der Waals surface area (Å²) in [5.74, 6) is 1.19. The fourth-order valence-electron chi connectivity index (χ4n) is 4.08. The summed E-state index contributed by atoms with van der Waals surface area (Å²) in [6.45, 7) is 5.14. The van der Waals surface area contributed by atoms with Crippen LogP contribution in [0, 0.1) is 0 Å². The molecule has 132 valence electrons. The Morgan fingerprint density at radius 1 is 1.36 bits per heavy atom. The van der Waals surface area contributed by atoms with E-state index >= 15 is 0 Å². The number of nitrogens with one attached hydrogen (secondary N) is 1. The molecule has 4 rings (SSSR count). The van der Waals surface area contributed by atoms with Gasteiger partial charge in [-0.3, -0.25) is 9.69 Å². The van der Waals surface area contributed by atoms with Gasteiger partial charge >= 0.3 is 0 Å². The van der Waals surface area contributed by atoms with Crippen LogP contribution in [0.4, 0.5) is 5.69 Å². The van der Waals surface area contributed by atoms with Crippen molar-refractivity contribution in [3.63, 3.8) is 0 Å². The molecule has 2 unspecified atom stereocenters. The number of carbonyl (C=O) groups is 1. The molecule has 6 heteroatoms. The minimum absolute atomic E-state index is 0.130. The molecular weight excluding hydrogens is 314 g/mol. The molecule has 3 heterocycles. The molecule has 1 aromatic heterocycles. The fourth-order valence-corrected chi connectivity index (χ4v) is 4.08. The Balaban J connectivity index is 1.54. The Kier molecular flexibility index (Phi) is 4.31. The van der Waals surface area contributed by atoms with Gasteiger partial charge in [-0.15, -0.1) is 0 Å². The highest BCUT2D eigenvalue weighted by Gasteiger charge is 2.34. The zero-order chi connectivity index (χ0) is 17.4. The number of hydrogen-bond acceptors (Lipinski definition) is 4. The average molecular weight is 339 g/mol. The minimum Gasteiger partial charge on any atom is -0.337 e. The summed E-state index contributed by atoms with van der Waals surface area (Å²) < 4.78 is 2.04. The fraction of sp³-hybridized carbons (Fsp3) is 0.474. The van der Waals surface area contributed by atoms with Crippen LogP contribution < -0.4 is 10.2 Å². The Morgan fingerprint density at radius 3 is 3.00 bits per heavy atom. The first-order valence-electron chi connectivity index (χ1n) is 8.97. The summed E-state index contributed by atoms with van der Waals surface area (Å²) in [7, 11) is 2.01. The number of nitrogens with zero attached hydrogens (tertiary/aromatic N) is 4. The number of carbonyl (C=O) groups excluding carboxylic acids is 1. The van der Waals surface area contributed by atoms with Gasteiger partial charge in [0.2, 0.25) is 5.91 Å². The number of imidazole rings is 1. The predicted molar refractivity (Wildman–Crippen MR) is 97.5 cm³/mol. The predicted octanol–water partition coefficient (Wildman–Crippen LogP) is 1.34. The molecule has 2 aromatic rings. The Hall–Kier alpha value is -2.18. The molecule has 0 spiro atoms. The van der Waals surface area contributed by atoms with Crippen molar-refractivity contribution in [3.8, 4) is 0 Å². The lowest BCUT2D eigenvalue weighted by atomic mass is 10.1. The van der Waals surface area contributed by atoms with Gasteiger partial charge in [0, 0.05) is 50.8 Å². The first kappa shape index (κ1) is 16.3. The lowest BCUT2D eigenvalue weighted by Crippen LogP contribution is -2.51. The molecule has 0 radical (unpaired) electrons. The standard InChI is InChI=1S/C19H25N5O/c1-14-11-15-5-3-4-6-16(15)24(14)18(25)13-23-10-7-20-12-17(23)19-21-8-9-22(19)2/h3-6,8-9,14,17,20H,7,10-13H2,1-2H3. The van der Waals surface area contributed by atoms with Gasteiger partial charge in [0.1, 0.15) is 5.82 Å². The molecular formula is C19H25N5O. The van der Waals surface area contributed by atoms with Crippen molar-refractivity contribution in [2.45, 2.75) is 25.4 Å². The van der Waals surface area contributed by atoms with Crippen LogP contribution in [-0.2, 0) is 18.3 Å². The summed E-state index contributed by atoms with van der Waals surface area (Å²) in [5, 5.41) is 3.43.